The van der Waals surface area contributed by atoms with Crippen LogP contribution < -0.4 is 0 Å². The van der Waals surface area contributed by atoms with Crippen LogP contribution in [0.1, 0.15) is 290 Å². The molecule has 0 saturated heterocycles. The lowest BCUT2D eigenvalue weighted by Crippen LogP contribution is -2.30. The highest BCUT2D eigenvalue weighted by molar-refractivity contribution is 5.71. The van der Waals surface area contributed by atoms with Crippen molar-refractivity contribution in [3.05, 3.63) is 12.2 Å². The predicted octanol–water partition coefficient (Wildman–Crippen LogP) is 17.0. The van der Waals surface area contributed by atoms with Crippen LogP contribution in [0.4, 0.5) is 0 Å². The van der Waals surface area contributed by atoms with Crippen molar-refractivity contribution in [2.24, 2.45) is 0 Å². The summed E-state index contributed by atoms with van der Waals surface area (Å²) in [4.78, 5) is 37.7. The van der Waals surface area contributed by atoms with Crippen molar-refractivity contribution in [2.75, 3.05) is 13.2 Å². The molecule has 0 aromatic carbocycles. The monoisotopic (exact) mass is 833 g/mol. The van der Waals surface area contributed by atoms with Gasteiger partial charge < -0.3 is 14.2 Å². The maximum atomic E-state index is 12.7. The Balaban J connectivity index is 4.05. The van der Waals surface area contributed by atoms with Crippen LogP contribution in [0.3, 0.4) is 0 Å². The molecule has 348 valence electrons. The number of carbonyl (C=O) groups excluding carboxylic acids is 3. The third-order valence-electron chi connectivity index (χ3n) is 11.8. The molecule has 0 aliphatic rings. The fraction of sp³-hybridized carbons (Fsp3) is 0.906. The number of hydrogen-bond donors (Lipinski definition) is 0. The van der Waals surface area contributed by atoms with Crippen molar-refractivity contribution >= 4 is 17.9 Å². The van der Waals surface area contributed by atoms with E-state index in [4.69, 9.17) is 14.2 Å². The van der Waals surface area contributed by atoms with Crippen molar-refractivity contribution in [3.8, 4) is 0 Å². The van der Waals surface area contributed by atoms with Gasteiger partial charge in [-0.1, -0.05) is 238 Å². The molecule has 0 aromatic heterocycles. The quantitative estimate of drug-likeness (QED) is 0.0263. The Morgan fingerprint density at radius 3 is 0.881 bits per heavy atom. The van der Waals surface area contributed by atoms with Crippen LogP contribution in [0.25, 0.3) is 0 Å². The maximum absolute atomic E-state index is 12.7. The van der Waals surface area contributed by atoms with Crippen LogP contribution in [0.2, 0.25) is 0 Å². The number of unbranched alkanes of at least 4 members (excludes halogenated alkanes) is 35. The second-order valence-corrected chi connectivity index (χ2v) is 17.8. The smallest absolute Gasteiger partial charge is 0.306 e. The van der Waals surface area contributed by atoms with Crippen LogP contribution in [-0.2, 0) is 28.6 Å². The first-order valence-electron chi connectivity index (χ1n) is 26.2. The fourth-order valence-corrected chi connectivity index (χ4v) is 7.79. The van der Waals surface area contributed by atoms with E-state index in [0.29, 0.717) is 19.3 Å². The molecule has 0 radical (unpaired) electrons. The van der Waals surface area contributed by atoms with Crippen molar-refractivity contribution in [3.63, 3.8) is 0 Å². The Bertz CT molecular complexity index is 916. The Morgan fingerprint density at radius 2 is 0.559 bits per heavy atom. The van der Waals surface area contributed by atoms with Gasteiger partial charge in [0.15, 0.2) is 6.10 Å². The summed E-state index contributed by atoms with van der Waals surface area (Å²) in [5.74, 6) is -0.875. The maximum Gasteiger partial charge on any atom is 0.306 e. The summed E-state index contributed by atoms with van der Waals surface area (Å²) < 4.78 is 16.7. The fourth-order valence-electron chi connectivity index (χ4n) is 7.79. The summed E-state index contributed by atoms with van der Waals surface area (Å²) in [5.41, 5.74) is 0. The highest BCUT2D eigenvalue weighted by Crippen LogP contribution is 2.17. The van der Waals surface area contributed by atoms with Gasteiger partial charge in [-0.25, -0.2) is 0 Å². The highest BCUT2D eigenvalue weighted by Gasteiger charge is 2.19. The Labute approximate surface area is 367 Å². The average Bonchev–Trinajstić information content (AvgIpc) is 3.23. The molecular weight excluding hydrogens is 733 g/mol. The van der Waals surface area contributed by atoms with E-state index in [1.165, 1.54) is 186 Å². The Kier molecular flexibility index (Phi) is 47.3. The van der Waals surface area contributed by atoms with Crippen LogP contribution in [0, 0.1) is 0 Å². The van der Waals surface area contributed by atoms with E-state index in [9.17, 15) is 14.4 Å². The third-order valence-corrected chi connectivity index (χ3v) is 11.8. The number of carbonyl (C=O) groups is 3. The zero-order valence-electron chi connectivity index (χ0n) is 39.8. The number of ether oxygens (including phenoxy) is 3. The summed E-state index contributed by atoms with van der Waals surface area (Å²) >= 11 is 0. The van der Waals surface area contributed by atoms with E-state index in [2.05, 4.69) is 32.9 Å². The molecule has 6 heteroatoms. The van der Waals surface area contributed by atoms with Gasteiger partial charge in [-0.2, -0.15) is 0 Å². The minimum absolute atomic E-state index is 0.0693. The van der Waals surface area contributed by atoms with Gasteiger partial charge >= 0.3 is 17.9 Å². The molecule has 0 spiro atoms. The molecule has 0 N–H and O–H groups in total. The summed E-state index contributed by atoms with van der Waals surface area (Å²) in [6.07, 6.45) is 53.8. The summed E-state index contributed by atoms with van der Waals surface area (Å²) in [5, 5.41) is 0. The zero-order chi connectivity index (χ0) is 43.0. The normalized spacial score (nSPS) is 12.0. The molecule has 0 fully saturated rings. The van der Waals surface area contributed by atoms with Gasteiger partial charge in [0.05, 0.1) is 0 Å². The molecular formula is C53H100O6. The molecule has 0 heterocycles. The summed E-state index contributed by atoms with van der Waals surface area (Å²) in [6, 6.07) is 0. The van der Waals surface area contributed by atoms with E-state index in [-0.39, 0.29) is 31.1 Å². The first kappa shape index (κ1) is 57.1. The van der Waals surface area contributed by atoms with E-state index >= 15 is 0 Å². The summed E-state index contributed by atoms with van der Waals surface area (Å²) in [6.45, 7) is 6.58. The predicted molar refractivity (Wildman–Crippen MR) is 252 cm³/mol. The first-order valence-corrected chi connectivity index (χ1v) is 26.2. The van der Waals surface area contributed by atoms with E-state index in [0.717, 1.165) is 64.2 Å². The zero-order valence-corrected chi connectivity index (χ0v) is 39.8. The molecule has 0 bridgehead atoms. The van der Waals surface area contributed by atoms with Gasteiger partial charge in [-0.05, 0) is 44.9 Å². The molecule has 0 aromatic rings. The molecule has 0 saturated carbocycles. The number of esters is 3. The van der Waals surface area contributed by atoms with Gasteiger partial charge in [0.2, 0.25) is 0 Å². The third kappa shape index (κ3) is 47.1. The van der Waals surface area contributed by atoms with Crippen LogP contribution in [0.5, 0.6) is 0 Å². The molecule has 0 aliphatic heterocycles. The van der Waals surface area contributed by atoms with Crippen molar-refractivity contribution in [1.29, 1.82) is 0 Å². The second kappa shape index (κ2) is 48.8. The number of rotatable bonds is 48. The van der Waals surface area contributed by atoms with Crippen molar-refractivity contribution in [1.82, 2.24) is 0 Å². The summed E-state index contributed by atoms with van der Waals surface area (Å²) in [7, 11) is 0. The van der Waals surface area contributed by atoms with Gasteiger partial charge in [0.25, 0.3) is 0 Å². The number of allylic oxidation sites excluding steroid dienone is 2. The lowest BCUT2D eigenvalue weighted by atomic mass is 10.0. The molecule has 1 unspecified atom stereocenters. The van der Waals surface area contributed by atoms with Crippen LogP contribution >= 0.6 is 0 Å². The molecule has 6 nitrogen and oxygen atoms in total. The number of hydrogen-bond acceptors (Lipinski definition) is 6. The first-order chi connectivity index (χ1) is 29.0. The molecule has 59 heavy (non-hydrogen) atoms. The molecule has 0 rings (SSSR count). The van der Waals surface area contributed by atoms with Gasteiger partial charge in [-0.3, -0.25) is 14.4 Å². The topological polar surface area (TPSA) is 78.9 Å². The van der Waals surface area contributed by atoms with E-state index < -0.39 is 6.10 Å². The van der Waals surface area contributed by atoms with Gasteiger partial charge in [-0.15, -0.1) is 0 Å². The van der Waals surface area contributed by atoms with Gasteiger partial charge in [0, 0.05) is 19.3 Å². The van der Waals surface area contributed by atoms with Crippen LogP contribution in [-0.4, -0.2) is 37.2 Å². The Hall–Kier alpha value is -1.85. The minimum atomic E-state index is -0.765. The SMILES string of the molecule is CCCCC/C=C\CCCCCCCC(=O)OC(COC(=O)CCCCCCCC)COC(=O)CCCCCCCCCCCCCCCCCCCCCCCCC. The van der Waals surface area contributed by atoms with Crippen molar-refractivity contribution < 1.29 is 28.6 Å². The molecule has 1 atom stereocenters. The van der Waals surface area contributed by atoms with E-state index in [1.807, 2.05) is 0 Å². The van der Waals surface area contributed by atoms with Crippen LogP contribution in [0.15, 0.2) is 12.2 Å². The van der Waals surface area contributed by atoms with Gasteiger partial charge in [0.1, 0.15) is 13.2 Å². The van der Waals surface area contributed by atoms with Crippen molar-refractivity contribution in [2.45, 2.75) is 297 Å². The average molecular weight is 833 g/mol. The highest BCUT2D eigenvalue weighted by atomic mass is 16.6. The van der Waals surface area contributed by atoms with E-state index in [1.54, 1.807) is 0 Å². The molecule has 0 amide bonds. The minimum Gasteiger partial charge on any atom is -0.462 e. The molecule has 0 aliphatic carbocycles. The second-order valence-electron chi connectivity index (χ2n) is 17.8. The lowest BCUT2D eigenvalue weighted by Gasteiger charge is -2.18. The Morgan fingerprint density at radius 1 is 0.322 bits per heavy atom. The lowest BCUT2D eigenvalue weighted by molar-refractivity contribution is -0.167. The largest absolute Gasteiger partial charge is 0.462 e. The standard InChI is InChI=1S/C53H100O6/c1-4-7-10-13-16-18-20-22-23-24-25-26-27-28-29-30-31-32-34-35-37-40-43-46-52(55)58-49-50(48-57-51(54)45-42-39-15-12-9-6-3)59-53(56)47-44-41-38-36-33-21-19-17-14-11-8-5-2/h17,19,50H,4-16,18,20-49H2,1-3H3/b19-17-.